The molecule has 1 heterocycles. The lowest BCUT2D eigenvalue weighted by Gasteiger charge is -2.02. The van der Waals surface area contributed by atoms with E-state index in [1.165, 1.54) is 0 Å². The first-order valence-corrected chi connectivity index (χ1v) is 4.32. The van der Waals surface area contributed by atoms with Gasteiger partial charge in [0.1, 0.15) is 18.2 Å². The SMILES string of the molecule is Nc1cc(COc2ccccc2)[nH]n1. The highest BCUT2D eigenvalue weighted by atomic mass is 16.5. The van der Waals surface area contributed by atoms with E-state index >= 15 is 0 Å². The predicted octanol–water partition coefficient (Wildman–Crippen LogP) is 1.57. The number of aromatic nitrogens is 2. The third-order valence-corrected chi connectivity index (χ3v) is 1.79. The number of nitrogens with one attached hydrogen (secondary N) is 1. The number of nitrogens with zero attached hydrogens (tertiary/aromatic N) is 1. The van der Waals surface area contributed by atoms with Crippen LogP contribution < -0.4 is 10.5 Å². The van der Waals surface area contributed by atoms with Crippen LogP contribution in [-0.4, -0.2) is 10.2 Å². The van der Waals surface area contributed by atoms with Gasteiger partial charge in [-0.15, -0.1) is 0 Å². The number of para-hydroxylation sites is 1. The molecule has 2 rings (SSSR count). The van der Waals surface area contributed by atoms with Crippen LogP contribution in [0.4, 0.5) is 5.82 Å². The quantitative estimate of drug-likeness (QED) is 0.770. The number of hydrogen-bond acceptors (Lipinski definition) is 3. The van der Waals surface area contributed by atoms with Crippen LogP contribution in [-0.2, 0) is 6.61 Å². The maximum atomic E-state index is 5.48. The fourth-order valence-electron chi connectivity index (χ4n) is 1.13. The van der Waals surface area contributed by atoms with Gasteiger partial charge in [-0.25, -0.2) is 0 Å². The lowest BCUT2D eigenvalue weighted by Crippen LogP contribution is -1.95. The van der Waals surface area contributed by atoms with Gasteiger partial charge in [-0.05, 0) is 12.1 Å². The van der Waals surface area contributed by atoms with Crippen molar-refractivity contribution in [3.8, 4) is 5.75 Å². The zero-order valence-electron chi connectivity index (χ0n) is 7.60. The van der Waals surface area contributed by atoms with Crippen molar-refractivity contribution in [3.63, 3.8) is 0 Å². The molecule has 1 aromatic heterocycles. The normalized spacial score (nSPS) is 10.0. The Labute approximate surface area is 81.7 Å². The number of H-pyrrole nitrogens is 1. The van der Waals surface area contributed by atoms with E-state index < -0.39 is 0 Å². The first-order valence-electron chi connectivity index (χ1n) is 4.32. The van der Waals surface area contributed by atoms with Crippen molar-refractivity contribution >= 4 is 5.82 Å². The Morgan fingerprint density at radius 2 is 2.07 bits per heavy atom. The van der Waals surface area contributed by atoms with Crippen molar-refractivity contribution in [3.05, 3.63) is 42.1 Å². The molecule has 2 aromatic rings. The summed E-state index contributed by atoms with van der Waals surface area (Å²) in [6.07, 6.45) is 0. The molecular weight excluding hydrogens is 178 g/mol. The zero-order valence-corrected chi connectivity index (χ0v) is 7.60. The number of rotatable bonds is 3. The molecule has 0 fully saturated rings. The van der Waals surface area contributed by atoms with Crippen molar-refractivity contribution in [2.24, 2.45) is 0 Å². The van der Waals surface area contributed by atoms with E-state index in [-0.39, 0.29) is 0 Å². The van der Waals surface area contributed by atoms with Gasteiger partial charge in [-0.3, -0.25) is 5.10 Å². The Morgan fingerprint density at radius 3 is 2.71 bits per heavy atom. The minimum absolute atomic E-state index is 0.453. The minimum atomic E-state index is 0.453. The molecule has 0 aliphatic carbocycles. The van der Waals surface area contributed by atoms with Gasteiger partial charge in [-0.2, -0.15) is 5.10 Å². The van der Waals surface area contributed by atoms with Gasteiger partial charge in [0.2, 0.25) is 0 Å². The second kappa shape index (κ2) is 3.83. The highest BCUT2D eigenvalue weighted by molar-refractivity contribution is 5.28. The van der Waals surface area contributed by atoms with Crippen LogP contribution in [0.3, 0.4) is 0 Å². The highest BCUT2D eigenvalue weighted by Crippen LogP contribution is 2.11. The number of anilines is 1. The van der Waals surface area contributed by atoms with Gasteiger partial charge in [0, 0.05) is 6.07 Å². The van der Waals surface area contributed by atoms with Crippen molar-refractivity contribution in [2.45, 2.75) is 6.61 Å². The van der Waals surface area contributed by atoms with E-state index in [1.54, 1.807) is 6.07 Å². The second-order valence-electron chi connectivity index (χ2n) is 2.92. The number of nitrogens with two attached hydrogens (primary N) is 1. The van der Waals surface area contributed by atoms with E-state index in [0.717, 1.165) is 11.4 Å². The topological polar surface area (TPSA) is 63.9 Å². The molecule has 4 heteroatoms. The van der Waals surface area contributed by atoms with Crippen LogP contribution in [0.1, 0.15) is 5.69 Å². The first kappa shape index (κ1) is 8.62. The minimum Gasteiger partial charge on any atom is -0.487 e. The molecule has 0 saturated heterocycles. The molecule has 0 amide bonds. The molecule has 0 unspecified atom stereocenters. The van der Waals surface area contributed by atoms with Gasteiger partial charge in [0.05, 0.1) is 5.69 Å². The van der Waals surface area contributed by atoms with Crippen molar-refractivity contribution in [1.29, 1.82) is 0 Å². The van der Waals surface area contributed by atoms with E-state index in [2.05, 4.69) is 10.2 Å². The summed E-state index contributed by atoms with van der Waals surface area (Å²) in [5, 5.41) is 6.58. The van der Waals surface area contributed by atoms with Crippen LogP contribution in [0.2, 0.25) is 0 Å². The van der Waals surface area contributed by atoms with Crippen molar-refractivity contribution < 1.29 is 4.74 Å². The Morgan fingerprint density at radius 1 is 1.29 bits per heavy atom. The summed E-state index contributed by atoms with van der Waals surface area (Å²) in [5.41, 5.74) is 6.32. The summed E-state index contributed by atoms with van der Waals surface area (Å²) in [4.78, 5) is 0. The number of hydrogen-bond donors (Lipinski definition) is 2. The van der Waals surface area contributed by atoms with Gasteiger partial charge >= 0.3 is 0 Å². The number of aromatic amines is 1. The molecule has 0 bridgehead atoms. The number of benzene rings is 1. The fraction of sp³-hybridized carbons (Fsp3) is 0.100. The summed E-state index contributed by atoms with van der Waals surface area (Å²) in [5.74, 6) is 1.32. The van der Waals surface area contributed by atoms with E-state index in [0.29, 0.717) is 12.4 Å². The fourth-order valence-corrected chi connectivity index (χ4v) is 1.13. The highest BCUT2D eigenvalue weighted by Gasteiger charge is 1.98. The molecule has 1 aromatic carbocycles. The van der Waals surface area contributed by atoms with E-state index in [1.807, 2.05) is 30.3 Å². The van der Waals surface area contributed by atoms with E-state index in [4.69, 9.17) is 10.5 Å². The molecule has 14 heavy (non-hydrogen) atoms. The molecule has 3 N–H and O–H groups in total. The van der Waals surface area contributed by atoms with Crippen molar-refractivity contribution in [1.82, 2.24) is 10.2 Å². The molecule has 0 radical (unpaired) electrons. The van der Waals surface area contributed by atoms with Crippen LogP contribution in [0.15, 0.2) is 36.4 Å². The molecule has 0 saturated carbocycles. The third kappa shape index (κ3) is 2.04. The van der Waals surface area contributed by atoms with Crippen LogP contribution in [0, 0.1) is 0 Å². The van der Waals surface area contributed by atoms with Crippen LogP contribution in [0.25, 0.3) is 0 Å². The zero-order chi connectivity index (χ0) is 9.80. The molecule has 72 valence electrons. The van der Waals surface area contributed by atoms with Gasteiger partial charge in [0.15, 0.2) is 0 Å². The standard InChI is InChI=1S/C10H11N3O/c11-10-6-8(12-13-10)7-14-9-4-2-1-3-5-9/h1-6H,7H2,(H3,11,12,13). The van der Waals surface area contributed by atoms with Gasteiger partial charge < -0.3 is 10.5 Å². The monoisotopic (exact) mass is 189 g/mol. The maximum absolute atomic E-state index is 5.48. The average Bonchev–Trinajstić information content (AvgIpc) is 2.63. The van der Waals surface area contributed by atoms with E-state index in [9.17, 15) is 0 Å². The summed E-state index contributed by atoms with van der Waals surface area (Å²) >= 11 is 0. The Balaban J connectivity index is 1.95. The first-order chi connectivity index (χ1) is 6.84. The molecule has 0 atom stereocenters. The van der Waals surface area contributed by atoms with Crippen LogP contribution in [0.5, 0.6) is 5.75 Å². The summed E-state index contributed by atoms with van der Waals surface area (Å²) in [6, 6.07) is 11.4. The molecule has 0 spiro atoms. The maximum Gasteiger partial charge on any atom is 0.145 e. The molecule has 0 aliphatic rings. The lowest BCUT2D eigenvalue weighted by molar-refractivity contribution is 0.301. The van der Waals surface area contributed by atoms with Gasteiger partial charge in [0.25, 0.3) is 0 Å². The summed E-state index contributed by atoms with van der Waals surface area (Å²) < 4.78 is 5.48. The van der Waals surface area contributed by atoms with Crippen LogP contribution >= 0.6 is 0 Å². The molecular formula is C10H11N3O. The Kier molecular flexibility index (Phi) is 2.36. The Hall–Kier alpha value is -1.97. The summed E-state index contributed by atoms with van der Waals surface area (Å²) in [7, 11) is 0. The third-order valence-electron chi connectivity index (χ3n) is 1.79. The lowest BCUT2D eigenvalue weighted by atomic mass is 10.3. The van der Waals surface area contributed by atoms with Crippen molar-refractivity contribution in [2.75, 3.05) is 5.73 Å². The number of ether oxygens (including phenoxy) is 1. The predicted molar refractivity (Wildman–Crippen MR) is 53.8 cm³/mol. The smallest absolute Gasteiger partial charge is 0.145 e. The second-order valence-corrected chi connectivity index (χ2v) is 2.92. The average molecular weight is 189 g/mol. The summed E-state index contributed by atoms with van der Waals surface area (Å²) in [6.45, 7) is 0.453. The molecule has 0 aliphatic heterocycles. The largest absolute Gasteiger partial charge is 0.487 e. The Bertz CT molecular complexity index is 397. The van der Waals surface area contributed by atoms with Gasteiger partial charge in [-0.1, -0.05) is 18.2 Å². The number of nitrogen functional groups attached to an aromatic ring is 1. The molecule has 4 nitrogen and oxygen atoms in total.